The van der Waals surface area contributed by atoms with Gasteiger partial charge in [0.2, 0.25) is 0 Å². The van der Waals surface area contributed by atoms with Crippen LogP contribution in [0.25, 0.3) is 5.69 Å². The smallest absolute Gasteiger partial charge is 0.257 e. The number of benzene rings is 1. The Labute approximate surface area is 191 Å². The highest BCUT2D eigenvalue weighted by molar-refractivity contribution is 5.95. The molecule has 1 amide bonds. The van der Waals surface area contributed by atoms with Crippen LogP contribution in [0, 0.1) is 11.6 Å². The third kappa shape index (κ3) is 4.32. The summed E-state index contributed by atoms with van der Waals surface area (Å²) in [6, 6.07) is 9.24. The molecule has 9 heteroatoms. The van der Waals surface area contributed by atoms with Crippen LogP contribution in [0.3, 0.4) is 0 Å². The molecule has 0 saturated carbocycles. The second-order valence-corrected chi connectivity index (χ2v) is 8.44. The molecular weight excluding hydrogens is 426 g/mol. The number of piperidine rings is 1. The van der Waals surface area contributed by atoms with E-state index in [1.807, 2.05) is 23.1 Å². The van der Waals surface area contributed by atoms with E-state index in [4.69, 9.17) is 0 Å². The summed E-state index contributed by atoms with van der Waals surface area (Å²) in [4.78, 5) is 21.9. The van der Waals surface area contributed by atoms with E-state index in [9.17, 15) is 13.6 Å². The molecule has 7 nitrogen and oxygen atoms in total. The number of nitrogens with one attached hydrogen (secondary N) is 1. The van der Waals surface area contributed by atoms with E-state index in [0.29, 0.717) is 37.4 Å². The molecule has 5 rings (SSSR count). The summed E-state index contributed by atoms with van der Waals surface area (Å²) in [5.74, 6) is -0.477. The molecule has 0 spiro atoms. The third-order valence-electron chi connectivity index (χ3n) is 6.44. The van der Waals surface area contributed by atoms with Crippen LogP contribution in [0.4, 0.5) is 14.6 Å². The summed E-state index contributed by atoms with van der Waals surface area (Å²) in [5.41, 5.74) is 1.36. The van der Waals surface area contributed by atoms with Gasteiger partial charge in [0.25, 0.3) is 5.91 Å². The number of hydrogen-bond acceptors (Lipinski definition) is 5. The van der Waals surface area contributed by atoms with Crippen LogP contribution in [0.1, 0.15) is 34.8 Å². The summed E-state index contributed by atoms with van der Waals surface area (Å²) in [6.07, 6.45) is 4.94. The van der Waals surface area contributed by atoms with E-state index in [-0.39, 0.29) is 17.5 Å². The molecule has 4 heterocycles. The van der Waals surface area contributed by atoms with Gasteiger partial charge in [-0.05, 0) is 50.2 Å². The van der Waals surface area contributed by atoms with Crippen LogP contribution in [0.2, 0.25) is 0 Å². The van der Waals surface area contributed by atoms with Crippen molar-refractivity contribution in [2.75, 3.05) is 44.2 Å². The number of halogens is 2. The lowest BCUT2D eigenvalue weighted by atomic mass is 9.91. The van der Waals surface area contributed by atoms with Crippen LogP contribution in [0.15, 0.2) is 48.8 Å². The molecule has 1 N–H and O–H groups in total. The first-order valence-corrected chi connectivity index (χ1v) is 11.3. The molecule has 0 radical (unpaired) electrons. The van der Waals surface area contributed by atoms with Crippen molar-refractivity contribution in [3.05, 3.63) is 71.7 Å². The summed E-state index contributed by atoms with van der Waals surface area (Å²) >= 11 is 0. The summed E-state index contributed by atoms with van der Waals surface area (Å²) in [7, 11) is 0. The highest BCUT2D eigenvalue weighted by Gasteiger charge is 2.31. The normalized spacial score (nSPS) is 17.4. The number of piperazine rings is 1. The maximum absolute atomic E-state index is 14.6. The first-order chi connectivity index (χ1) is 16.1. The van der Waals surface area contributed by atoms with Crippen LogP contribution in [0.5, 0.6) is 0 Å². The predicted octanol–water partition coefficient (Wildman–Crippen LogP) is 2.97. The molecule has 172 valence electrons. The van der Waals surface area contributed by atoms with Gasteiger partial charge >= 0.3 is 0 Å². The van der Waals surface area contributed by atoms with Crippen LogP contribution in [-0.4, -0.2) is 64.8 Å². The summed E-state index contributed by atoms with van der Waals surface area (Å²) in [5, 5.41) is 7.72. The summed E-state index contributed by atoms with van der Waals surface area (Å²) in [6.45, 7) is 4.14. The second kappa shape index (κ2) is 9.27. The van der Waals surface area contributed by atoms with Crippen LogP contribution >= 0.6 is 0 Å². The second-order valence-electron chi connectivity index (χ2n) is 8.44. The van der Waals surface area contributed by atoms with Crippen molar-refractivity contribution in [2.24, 2.45) is 0 Å². The fourth-order valence-corrected chi connectivity index (χ4v) is 4.71. The van der Waals surface area contributed by atoms with Crippen molar-refractivity contribution in [2.45, 2.75) is 18.8 Å². The standard InChI is InChI=1S/C24H26F2N6O/c25-18-4-5-21(20(26)15-18)32-23(17-6-9-27-10-7-17)19(16-29-32)24(33)31-13-11-30(12-14-31)22-3-1-2-8-28-22/h1-5,8,15-17,27H,6-7,9-14H2. The van der Waals surface area contributed by atoms with Gasteiger partial charge in [-0.15, -0.1) is 0 Å². The molecule has 2 aromatic heterocycles. The third-order valence-corrected chi connectivity index (χ3v) is 6.44. The Hall–Kier alpha value is -3.33. The van der Waals surface area contributed by atoms with Gasteiger partial charge in [0.1, 0.15) is 17.3 Å². The number of hydrogen-bond donors (Lipinski definition) is 1. The predicted molar refractivity (Wildman–Crippen MR) is 121 cm³/mol. The SMILES string of the molecule is O=C(c1cnn(-c2ccc(F)cc2F)c1C1CCNCC1)N1CCN(c2ccccn2)CC1. The Morgan fingerprint density at radius 2 is 1.82 bits per heavy atom. The molecule has 0 bridgehead atoms. The minimum atomic E-state index is -0.698. The van der Waals surface area contributed by atoms with Crippen molar-refractivity contribution in [1.29, 1.82) is 0 Å². The zero-order valence-corrected chi connectivity index (χ0v) is 18.3. The molecule has 0 unspecified atom stereocenters. The van der Waals surface area contributed by atoms with Crippen molar-refractivity contribution in [1.82, 2.24) is 25.0 Å². The molecular formula is C24H26F2N6O. The number of aromatic nitrogens is 3. The van der Waals surface area contributed by atoms with Crippen LogP contribution < -0.4 is 10.2 Å². The minimum Gasteiger partial charge on any atom is -0.353 e. The average Bonchev–Trinajstić information content (AvgIpc) is 3.29. The highest BCUT2D eigenvalue weighted by atomic mass is 19.1. The molecule has 0 aliphatic carbocycles. The van der Waals surface area contributed by atoms with Crippen LogP contribution in [-0.2, 0) is 0 Å². The van der Waals surface area contributed by atoms with Gasteiger partial charge in [0.15, 0.2) is 5.82 Å². The fourth-order valence-electron chi connectivity index (χ4n) is 4.71. The Kier molecular flexibility index (Phi) is 6.04. The lowest BCUT2D eigenvalue weighted by molar-refractivity contribution is 0.0744. The van der Waals surface area contributed by atoms with Gasteiger partial charge in [0.05, 0.1) is 17.5 Å². The Balaban J connectivity index is 1.43. The number of nitrogens with zero attached hydrogens (tertiary/aromatic N) is 5. The molecule has 33 heavy (non-hydrogen) atoms. The molecule has 2 saturated heterocycles. The lowest BCUT2D eigenvalue weighted by Crippen LogP contribution is -2.49. The zero-order chi connectivity index (χ0) is 22.8. The topological polar surface area (TPSA) is 66.3 Å². The van der Waals surface area contributed by atoms with Gasteiger partial charge in [0, 0.05) is 44.4 Å². The van der Waals surface area contributed by atoms with E-state index in [1.165, 1.54) is 23.0 Å². The molecule has 2 aliphatic heterocycles. The van der Waals surface area contributed by atoms with E-state index in [2.05, 4.69) is 20.3 Å². The largest absolute Gasteiger partial charge is 0.353 e. The minimum absolute atomic E-state index is 0.0620. The highest BCUT2D eigenvalue weighted by Crippen LogP contribution is 2.32. The molecule has 3 aromatic rings. The van der Waals surface area contributed by atoms with Crippen molar-refractivity contribution in [3.8, 4) is 5.69 Å². The number of carbonyl (C=O) groups excluding carboxylic acids is 1. The Morgan fingerprint density at radius 3 is 2.52 bits per heavy atom. The van der Waals surface area contributed by atoms with Gasteiger partial charge in [-0.1, -0.05) is 6.07 Å². The van der Waals surface area contributed by atoms with Gasteiger partial charge in [-0.2, -0.15) is 5.10 Å². The summed E-state index contributed by atoms with van der Waals surface area (Å²) < 4.78 is 29.6. The van der Waals surface area contributed by atoms with Gasteiger partial charge in [-0.3, -0.25) is 4.79 Å². The first kappa shape index (κ1) is 21.5. The fraction of sp³-hybridized carbons (Fsp3) is 0.375. The van der Waals surface area contributed by atoms with Gasteiger partial charge in [-0.25, -0.2) is 18.4 Å². The van der Waals surface area contributed by atoms with E-state index in [1.54, 1.807) is 6.20 Å². The van der Waals surface area contributed by atoms with Crippen molar-refractivity contribution >= 4 is 11.7 Å². The Bertz CT molecular complexity index is 1120. The zero-order valence-electron chi connectivity index (χ0n) is 18.3. The lowest BCUT2D eigenvalue weighted by Gasteiger charge is -2.35. The molecule has 2 fully saturated rings. The molecule has 2 aliphatic rings. The number of amides is 1. The van der Waals surface area contributed by atoms with E-state index < -0.39 is 11.6 Å². The van der Waals surface area contributed by atoms with E-state index in [0.717, 1.165) is 37.8 Å². The maximum Gasteiger partial charge on any atom is 0.257 e. The molecule has 1 aromatic carbocycles. The monoisotopic (exact) mass is 452 g/mol. The first-order valence-electron chi connectivity index (χ1n) is 11.3. The van der Waals surface area contributed by atoms with Crippen molar-refractivity contribution in [3.63, 3.8) is 0 Å². The van der Waals surface area contributed by atoms with Gasteiger partial charge < -0.3 is 15.1 Å². The van der Waals surface area contributed by atoms with Crippen molar-refractivity contribution < 1.29 is 13.6 Å². The van der Waals surface area contributed by atoms with E-state index >= 15 is 0 Å². The molecule has 0 atom stereocenters. The number of rotatable bonds is 4. The number of anilines is 1. The quantitative estimate of drug-likeness (QED) is 0.659. The Morgan fingerprint density at radius 1 is 1.03 bits per heavy atom. The number of pyridine rings is 1. The average molecular weight is 453 g/mol. The maximum atomic E-state index is 14.6. The number of carbonyl (C=O) groups is 1.